The summed E-state index contributed by atoms with van der Waals surface area (Å²) in [6, 6.07) is 17.1. The number of para-hydroxylation sites is 1. The highest BCUT2D eigenvalue weighted by Gasteiger charge is 2.46. The summed E-state index contributed by atoms with van der Waals surface area (Å²) in [7, 11) is 0. The predicted molar refractivity (Wildman–Crippen MR) is 113 cm³/mol. The van der Waals surface area contributed by atoms with E-state index in [0.717, 1.165) is 17.1 Å². The van der Waals surface area contributed by atoms with Crippen molar-refractivity contribution in [3.63, 3.8) is 0 Å². The topological polar surface area (TPSA) is 144 Å². The van der Waals surface area contributed by atoms with Crippen molar-refractivity contribution in [3.05, 3.63) is 115 Å². The fraction of sp³-hybridized carbons (Fsp3) is 0.0455. The van der Waals surface area contributed by atoms with Gasteiger partial charge in [0, 0.05) is 12.1 Å². The number of rotatable bonds is 6. The van der Waals surface area contributed by atoms with Gasteiger partial charge < -0.3 is 0 Å². The van der Waals surface area contributed by atoms with Crippen LogP contribution in [-0.4, -0.2) is 37.6 Å². The maximum absolute atomic E-state index is 13.5. The van der Waals surface area contributed by atoms with Gasteiger partial charge in [-0.1, -0.05) is 48.5 Å². The number of amides is 3. The van der Waals surface area contributed by atoms with E-state index in [1.807, 2.05) is 0 Å². The van der Waals surface area contributed by atoms with Gasteiger partial charge in [-0.3, -0.25) is 34.6 Å². The van der Waals surface area contributed by atoms with Gasteiger partial charge in [-0.2, -0.15) is 5.01 Å². The minimum Gasteiger partial charge on any atom is -0.267 e. The van der Waals surface area contributed by atoms with Crippen LogP contribution in [0.1, 0.15) is 36.6 Å². The van der Waals surface area contributed by atoms with E-state index in [-0.39, 0.29) is 17.7 Å². The van der Waals surface area contributed by atoms with Crippen molar-refractivity contribution in [3.8, 4) is 0 Å². The van der Waals surface area contributed by atoms with E-state index in [1.165, 1.54) is 30.3 Å². The van der Waals surface area contributed by atoms with E-state index in [9.17, 15) is 34.6 Å². The molecule has 11 heteroatoms. The molecule has 3 aromatic carbocycles. The Morgan fingerprint density at radius 2 is 1.39 bits per heavy atom. The number of nitro groups is 2. The molecule has 0 aromatic heterocycles. The first-order valence-corrected chi connectivity index (χ1v) is 9.56. The number of nitrogens with zero attached hydrogens (tertiary/aromatic N) is 4. The molecule has 3 aromatic rings. The summed E-state index contributed by atoms with van der Waals surface area (Å²) in [5.74, 6) is -2.99. The second kappa shape index (κ2) is 8.30. The van der Waals surface area contributed by atoms with Gasteiger partial charge in [0.1, 0.15) is 11.1 Å². The van der Waals surface area contributed by atoms with E-state index >= 15 is 0 Å². The van der Waals surface area contributed by atoms with Crippen LogP contribution < -0.4 is 0 Å². The number of hydrogen-bond donors (Lipinski definition) is 0. The fourth-order valence-electron chi connectivity index (χ4n) is 3.57. The number of carbonyl (C=O) groups excluding carboxylic acids is 3. The monoisotopic (exact) mass is 446 g/mol. The van der Waals surface area contributed by atoms with Gasteiger partial charge in [-0.05, 0) is 17.7 Å². The number of fused-ring (bicyclic) bond motifs is 1. The molecule has 11 nitrogen and oxygen atoms in total. The van der Waals surface area contributed by atoms with Crippen LogP contribution in [0.25, 0.3) is 0 Å². The molecule has 1 heterocycles. The number of hydrazine groups is 1. The highest BCUT2D eigenvalue weighted by Crippen LogP contribution is 2.33. The minimum atomic E-state index is -1.06. The van der Waals surface area contributed by atoms with Crippen molar-refractivity contribution >= 4 is 29.1 Å². The highest BCUT2D eigenvalue weighted by atomic mass is 16.6. The molecular formula is C22H14N4O7. The van der Waals surface area contributed by atoms with Gasteiger partial charge in [0.2, 0.25) is 0 Å². The van der Waals surface area contributed by atoms with Gasteiger partial charge in [0.15, 0.2) is 0 Å². The van der Waals surface area contributed by atoms with Crippen molar-refractivity contribution in [1.82, 2.24) is 10.0 Å². The smallest absolute Gasteiger partial charge is 0.267 e. The van der Waals surface area contributed by atoms with Crippen molar-refractivity contribution < 1.29 is 24.2 Å². The number of hydrogen-bond acceptors (Lipinski definition) is 7. The van der Waals surface area contributed by atoms with E-state index < -0.39 is 44.5 Å². The maximum atomic E-state index is 13.5. The van der Waals surface area contributed by atoms with Gasteiger partial charge >= 0.3 is 0 Å². The molecule has 33 heavy (non-hydrogen) atoms. The molecule has 0 bridgehead atoms. The zero-order valence-electron chi connectivity index (χ0n) is 16.8. The van der Waals surface area contributed by atoms with Crippen LogP contribution in [0.2, 0.25) is 0 Å². The molecule has 0 saturated carbocycles. The van der Waals surface area contributed by atoms with Gasteiger partial charge in [-0.15, -0.1) is 0 Å². The van der Waals surface area contributed by atoms with E-state index in [4.69, 9.17) is 0 Å². The summed E-state index contributed by atoms with van der Waals surface area (Å²) in [6.45, 7) is -0.287. The van der Waals surface area contributed by atoms with Crippen molar-refractivity contribution in [2.45, 2.75) is 6.54 Å². The average molecular weight is 446 g/mol. The van der Waals surface area contributed by atoms with E-state index in [2.05, 4.69) is 0 Å². The third kappa shape index (κ3) is 3.67. The summed E-state index contributed by atoms with van der Waals surface area (Å²) in [4.78, 5) is 61.1. The Morgan fingerprint density at radius 1 is 0.788 bits per heavy atom. The van der Waals surface area contributed by atoms with E-state index in [0.29, 0.717) is 10.6 Å². The first kappa shape index (κ1) is 21.3. The Labute approximate surface area is 185 Å². The van der Waals surface area contributed by atoms with Crippen molar-refractivity contribution in [2.24, 2.45) is 0 Å². The molecule has 0 N–H and O–H groups in total. The zero-order chi connectivity index (χ0) is 23.7. The molecule has 4 rings (SSSR count). The Bertz CT molecular complexity index is 1320. The van der Waals surface area contributed by atoms with Crippen LogP contribution in [0.3, 0.4) is 0 Å². The minimum absolute atomic E-state index is 0.234. The summed E-state index contributed by atoms with van der Waals surface area (Å²) in [5, 5.41) is 24.2. The summed E-state index contributed by atoms with van der Waals surface area (Å²) in [6.07, 6.45) is 0. The largest absolute Gasteiger partial charge is 0.287 e. The fourth-order valence-corrected chi connectivity index (χ4v) is 3.57. The lowest BCUT2D eigenvalue weighted by molar-refractivity contribution is -0.385. The molecule has 1 aliphatic rings. The summed E-state index contributed by atoms with van der Waals surface area (Å²) >= 11 is 0. The highest BCUT2D eigenvalue weighted by molar-refractivity contribution is 6.23. The van der Waals surface area contributed by atoms with Crippen molar-refractivity contribution in [1.29, 1.82) is 0 Å². The summed E-state index contributed by atoms with van der Waals surface area (Å²) in [5.41, 5.74) is -1.59. The molecular weight excluding hydrogens is 432 g/mol. The standard InChI is InChI=1S/C22H14N4O7/c27-20(15-9-4-5-11-17(15)25(30)31)23(13-14-7-2-1-3-8-14)24-21(28)16-10-6-12-18(26(32)33)19(16)22(24)29/h1-12H,13H2. The lowest BCUT2D eigenvalue weighted by Crippen LogP contribution is -2.49. The van der Waals surface area contributed by atoms with Crippen LogP contribution in [0.4, 0.5) is 11.4 Å². The second-order valence-electron chi connectivity index (χ2n) is 7.00. The Hall–Kier alpha value is -4.93. The molecule has 0 spiro atoms. The van der Waals surface area contributed by atoms with Crippen LogP contribution in [0, 0.1) is 20.2 Å². The third-order valence-corrected chi connectivity index (χ3v) is 5.05. The molecule has 0 unspecified atom stereocenters. The van der Waals surface area contributed by atoms with E-state index in [1.54, 1.807) is 30.3 Å². The van der Waals surface area contributed by atoms with Crippen LogP contribution in [-0.2, 0) is 6.54 Å². The summed E-state index contributed by atoms with van der Waals surface area (Å²) < 4.78 is 0. The molecule has 3 amide bonds. The first-order valence-electron chi connectivity index (χ1n) is 9.56. The lowest BCUT2D eigenvalue weighted by Gasteiger charge is -2.30. The first-order chi connectivity index (χ1) is 15.8. The predicted octanol–water partition coefficient (Wildman–Crippen LogP) is 3.36. The van der Waals surface area contributed by atoms with Crippen molar-refractivity contribution in [2.75, 3.05) is 0 Å². The van der Waals surface area contributed by atoms with Gasteiger partial charge in [0.05, 0.1) is 22.0 Å². The molecule has 1 aliphatic heterocycles. The molecule has 0 fully saturated rings. The normalized spacial score (nSPS) is 12.4. The lowest BCUT2D eigenvalue weighted by atomic mass is 10.1. The third-order valence-electron chi connectivity index (χ3n) is 5.05. The zero-order valence-corrected chi connectivity index (χ0v) is 16.8. The van der Waals surface area contributed by atoms with Gasteiger partial charge in [0.25, 0.3) is 29.1 Å². The second-order valence-corrected chi connectivity index (χ2v) is 7.00. The number of imide groups is 1. The number of benzene rings is 3. The number of carbonyl (C=O) groups is 3. The SMILES string of the molecule is O=C(c1ccccc1[N+](=O)[O-])N(Cc1ccccc1)N1C(=O)c2cccc([N+](=O)[O-])c2C1=O. The molecule has 0 atom stereocenters. The Kier molecular flexibility index (Phi) is 5.36. The Morgan fingerprint density at radius 3 is 2.06 bits per heavy atom. The average Bonchev–Trinajstić information content (AvgIpc) is 3.07. The molecule has 0 saturated heterocycles. The number of nitro benzene ring substituents is 2. The molecule has 0 aliphatic carbocycles. The quantitative estimate of drug-likeness (QED) is 0.321. The van der Waals surface area contributed by atoms with Gasteiger partial charge in [-0.25, -0.2) is 5.01 Å². The van der Waals surface area contributed by atoms with Crippen LogP contribution in [0.15, 0.2) is 72.8 Å². The van der Waals surface area contributed by atoms with Crippen LogP contribution >= 0.6 is 0 Å². The maximum Gasteiger partial charge on any atom is 0.287 e. The van der Waals surface area contributed by atoms with Crippen LogP contribution in [0.5, 0.6) is 0 Å². The molecule has 0 radical (unpaired) electrons. The Balaban J connectivity index is 1.84. The molecule has 164 valence electrons.